The Morgan fingerprint density at radius 2 is 1.74 bits per heavy atom. The van der Waals surface area contributed by atoms with Gasteiger partial charge in [-0.15, -0.1) is 0 Å². The van der Waals surface area contributed by atoms with Crippen LogP contribution in [0.1, 0.15) is 23.7 Å². The van der Waals surface area contributed by atoms with Gasteiger partial charge < -0.3 is 14.4 Å². The molecular weight excluding hydrogens is 296 g/mol. The molecule has 1 aliphatic heterocycles. The highest BCUT2D eigenvalue weighted by Crippen LogP contribution is 2.18. The quantitative estimate of drug-likeness (QED) is 0.741. The van der Waals surface area contributed by atoms with Crippen LogP contribution in [0.4, 0.5) is 5.69 Å². The summed E-state index contributed by atoms with van der Waals surface area (Å²) in [7, 11) is 1.38. The lowest BCUT2D eigenvalue weighted by atomic mass is 10.2. The Morgan fingerprint density at radius 1 is 1.09 bits per heavy atom. The molecule has 6 nitrogen and oxygen atoms in total. The van der Waals surface area contributed by atoms with Gasteiger partial charge in [-0.2, -0.15) is 0 Å². The molecule has 126 valence electrons. The van der Waals surface area contributed by atoms with Crippen molar-refractivity contribution in [3.05, 3.63) is 29.8 Å². The Labute approximate surface area is 137 Å². The average molecular weight is 320 g/mol. The first-order valence-electron chi connectivity index (χ1n) is 7.95. The molecule has 0 atom stereocenters. The second kappa shape index (κ2) is 8.53. The van der Waals surface area contributed by atoms with Crippen LogP contribution in [0.15, 0.2) is 24.3 Å². The summed E-state index contributed by atoms with van der Waals surface area (Å²) in [5.41, 5.74) is 1.66. The van der Waals surface area contributed by atoms with Gasteiger partial charge in [-0.1, -0.05) is 0 Å². The van der Waals surface area contributed by atoms with E-state index in [-0.39, 0.29) is 11.9 Å². The number of carbonyl (C=O) groups is 2. The highest BCUT2D eigenvalue weighted by Gasteiger charge is 2.18. The van der Waals surface area contributed by atoms with Crippen LogP contribution in [0.5, 0.6) is 0 Å². The summed E-state index contributed by atoms with van der Waals surface area (Å²) in [6.07, 6.45) is 0.446. The van der Waals surface area contributed by atoms with E-state index in [0.29, 0.717) is 18.6 Å². The minimum absolute atomic E-state index is 0.131. The first-order chi connectivity index (χ1) is 11.1. The summed E-state index contributed by atoms with van der Waals surface area (Å²) in [4.78, 5) is 27.4. The predicted octanol–water partition coefficient (Wildman–Crippen LogP) is 1.55. The zero-order valence-corrected chi connectivity index (χ0v) is 13.8. The van der Waals surface area contributed by atoms with Crippen LogP contribution in [-0.2, 0) is 14.3 Å². The fourth-order valence-electron chi connectivity index (χ4n) is 2.64. The minimum Gasteiger partial charge on any atom is -0.466 e. The molecule has 1 fully saturated rings. The maximum absolute atomic E-state index is 11.4. The highest BCUT2D eigenvalue weighted by molar-refractivity contribution is 5.89. The second-order valence-electron chi connectivity index (χ2n) is 5.42. The number of ether oxygens (including phenoxy) is 2. The fraction of sp³-hybridized carbons (Fsp3) is 0.529. The van der Waals surface area contributed by atoms with Crippen LogP contribution in [0.3, 0.4) is 0 Å². The first kappa shape index (κ1) is 17.3. The predicted molar refractivity (Wildman–Crippen MR) is 87.7 cm³/mol. The van der Waals surface area contributed by atoms with Crippen LogP contribution in [-0.4, -0.2) is 63.3 Å². The monoisotopic (exact) mass is 320 g/mol. The van der Waals surface area contributed by atoms with Crippen LogP contribution in [0.25, 0.3) is 0 Å². The summed E-state index contributed by atoms with van der Waals surface area (Å²) in [5.74, 6) is -0.450. The normalized spacial score (nSPS) is 15.3. The van der Waals surface area contributed by atoms with Crippen LogP contribution in [0.2, 0.25) is 0 Å². The zero-order chi connectivity index (χ0) is 16.7. The molecule has 0 amide bonds. The van der Waals surface area contributed by atoms with Gasteiger partial charge in [-0.25, -0.2) is 4.79 Å². The maximum atomic E-state index is 11.4. The molecule has 0 aliphatic carbocycles. The van der Waals surface area contributed by atoms with Gasteiger partial charge in [0.05, 0.1) is 25.7 Å². The largest absolute Gasteiger partial charge is 0.466 e. The molecule has 0 unspecified atom stereocenters. The molecule has 1 aromatic rings. The molecule has 0 N–H and O–H groups in total. The zero-order valence-electron chi connectivity index (χ0n) is 13.8. The number of hydrogen-bond donors (Lipinski definition) is 0. The second-order valence-corrected chi connectivity index (χ2v) is 5.42. The van der Waals surface area contributed by atoms with E-state index in [0.717, 1.165) is 38.4 Å². The van der Waals surface area contributed by atoms with Crippen molar-refractivity contribution in [1.29, 1.82) is 0 Å². The van der Waals surface area contributed by atoms with E-state index in [1.165, 1.54) is 7.11 Å². The van der Waals surface area contributed by atoms with E-state index in [9.17, 15) is 9.59 Å². The smallest absolute Gasteiger partial charge is 0.337 e. The summed E-state index contributed by atoms with van der Waals surface area (Å²) in [6.45, 7) is 6.64. The van der Waals surface area contributed by atoms with Gasteiger partial charge >= 0.3 is 11.9 Å². The van der Waals surface area contributed by atoms with E-state index in [2.05, 4.69) is 9.80 Å². The highest BCUT2D eigenvalue weighted by atomic mass is 16.5. The molecule has 0 bridgehead atoms. The van der Waals surface area contributed by atoms with Crippen molar-refractivity contribution in [3.8, 4) is 0 Å². The summed E-state index contributed by atoms with van der Waals surface area (Å²) < 4.78 is 9.65. The Kier molecular flexibility index (Phi) is 6.40. The van der Waals surface area contributed by atoms with Crippen molar-refractivity contribution in [2.24, 2.45) is 0 Å². The number of rotatable bonds is 6. The fourth-order valence-corrected chi connectivity index (χ4v) is 2.64. The third-order valence-corrected chi connectivity index (χ3v) is 3.96. The molecule has 1 heterocycles. The SMILES string of the molecule is CCOC(=O)CCN1CCN(c2ccc(C(=O)OC)cc2)CC1. The van der Waals surface area contributed by atoms with Crippen molar-refractivity contribution in [2.75, 3.05) is 51.3 Å². The van der Waals surface area contributed by atoms with E-state index in [1.54, 1.807) is 12.1 Å². The summed E-state index contributed by atoms with van der Waals surface area (Å²) >= 11 is 0. The Balaban J connectivity index is 1.80. The molecule has 0 spiro atoms. The van der Waals surface area contributed by atoms with Crippen LogP contribution < -0.4 is 4.90 Å². The van der Waals surface area contributed by atoms with Crippen molar-refractivity contribution in [1.82, 2.24) is 4.90 Å². The number of esters is 2. The van der Waals surface area contributed by atoms with Crippen molar-refractivity contribution < 1.29 is 19.1 Å². The van der Waals surface area contributed by atoms with Gasteiger partial charge in [0.1, 0.15) is 0 Å². The number of hydrogen-bond acceptors (Lipinski definition) is 6. The lowest BCUT2D eigenvalue weighted by Crippen LogP contribution is -2.47. The number of piperazine rings is 1. The first-order valence-corrected chi connectivity index (χ1v) is 7.95. The minimum atomic E-state index is -0.319. The van der Waals surface area contributed by atoms with Crippen molar-refractivity contribution in [2.45, 2.75) is 13.3 Å². The molecule has 0 aromatic heterocycles. The molecule has 1 aromatic carbocycles. The van der Waals surface area contributed by atoms with E-state index in [1.807, 2.05) is 19.1 Å². The molecule has 2 rings (SSSR count). The average Bonchev–Trinajstić information content (AvgIpc) is 2.60. The van der Waals surface area contributed by atoms with Gasteiger partial charge in [0.15, 0.2) is 0 Å². The summed E-state index contributed by atoms with van der Waals surface area (Å²) in [6, 6.07) is 7.46. The Hall–Kier alpha value is -2.08. The molecule has 0 saturated carbocycles. The number of carbonyl (C=O) groups excluding carboxylic acids is 2. The van der Waals surface area contributed by atoms with Crippen LogP contribution >= 0.6 is 0 Å². The van der Waals surface area contributed by atoms with Crippen molar-refractivity contribution >= 4 is 17.6 Å². The molecular formula is C17H24N2O4. The van der Waals surface area contributed by atoms with Gasteiger partial charge in [0.25, 0.3) is 0 Å². The van der Waals surface area contributed by atoms with Crippen molar-refractivity contribution in [3.63, 3.8) is 0 Å². The van der Waals surface area contributed by atoms with E-state index < -0.39 is 0 Å². The van der Waals surface area contributed by atoms with E-state index >= 15 is 0 Å². The standard InChI is InChI=1S/C17H24N2O4/c1-3-23-16(20)8-9-18-10-12-19(13-11-18)15-6-4-14(5-7-15)17(21)22-2/h4-7H,3,8-13H2,1-2H3. The lowest BCUT2D eigenvalue weighted by Gasteiger charge is -2.36. The van der Waals surface area contributed by atoms with Gasteiger partial charge in [0.2, 0.25) is 0 Å². The Bertz CT molecular complexity index is 522. The van der Waals surface area contributed by atoms with Gasteiger partial charge in [-0.05, 0) is 31.2 Å². The molecule has 1 saturated heterocycles. The van der Waals surface area contributed by atoms with Crippen LogP contribution in [0, 0.1) is 0 Å². The van der Waals surface area contributed by atoms with Gasteiger partial charge in [-0.3, -0.25) is 9.69 Å². The molecule has 6 heteroatoms. The topological polar surface area (TPSA) is 59.1 Å². The Morgan fingerprint density at radius 3 is 2.30 bits per heavy atom. The third kappa shape index (κ3) is 4.96. The van der Waals surface area contributed by atoms with Gasteiger partial charge in [0, 0.05) is 38.4 Å². The third-order valence-electron chi connectivity index (χ3n) is 3.96. The molecule has 0 radical (unpaired) electrons. The van der Waals surface area contributed by atoms with E-state index in [4.69, 9.17) is 9.47 Å². The number of anilines is 1. The number of methoxy groups -OCH3 is 1. The lowest BCUT2D eigenvalue weighted by molar-refractivity contribution is -0.143. The molecule has 23 heavy (non-hydrogen) atoms. The maximum Gasteiger partial charge on any atom is 0.337 e. The number of nitrogens with zero attached hydrogens (tertiary/aromatic N) is 2. The molecule has 1 aliphatic rings. The summed E-state index contributed by atoms with van der Waals surface area (Å²) in [5, 5.41) is 0. The number of benzene rings is 1.